The van der Waals surface area contributed by atoms with Crippen LogP contribution in [0.1, 0.15) is 26.6 Å². The quantitative estimate of drug-likeness (QED) is 0.775. The van der Waals surface area contributed by atoms with Crippen LogP contribution in [0, 0.1) is 5.41 Å². The fourth-order valence-corrected chi connectivity index (χ4v) is 1.65. The van der Waals surface area contributed by atoms with Crippen LogP contribution in [0.4, 0.5) is 0 Å². The maximum atomic E-state index is 9.33. The molecule has 3 nitrogen and oxygen atoms in total. The highest BCUT2D eigenvalue weighted by Gasteiger charge is 2.14. The number of hydrogen-bond acceptors (Lipinski definition) is 2. The molecule has 0 saturated carbocycles. The van der Waals surface area contributed by atoms with Gasteiger partial charge in [0.2, 0.25) is 0 Å². The van der Waals surface area contributed by atoms with Crippen molar-refractivity contribution in [3.05, 3.63) is 30.4 Å². The molecule has 2 aromatic heterocycles. The molecule has 80 valence electrons. The fourth-order valence-electron chi connectivity index (χ4n) is 1.65. The van der Waals surface area contributed by atoms with Crippen LogP contribution in [0.5, 0.6) is 5.75 Å². The van der Waals surface area contributed by atoms with Gasteiger partial charge in [0.05, 0.1) is 11.7 Å². The topological polar surface area (TPSA) is 37.5 Å². The molecule has 0 atom stereocenters. The normalized spacial score (nSPS) is 12.2. The first-order valence-corrected chi connectivity index (χ1v) is 5.11. The summed E-state index contributed by atoms with van der Waals surface area (Å²) in [5.74, 6) is 1.32. The predicted octanol–water partition coefficient (Wildman–Crippen LogP) is 2.63. The van der Waals surface area contributed by atoms with Crippen LogP contribution in [-0.2, 0) is 6.42 Å². The third-order valence-electron chi connectivity index (χ3n) is 2.28. The minimum Gasteiger partial charge on any atom is -0.508 e. The van der Waals surface area contributed by atoms with E-state index < -0.39 is 0 Å². The van der Waals surface area contributed by atoms with Gasteiger partial charge in [-0.2, -0.15) is 0 Å². The zero-order valence-corrected chi connectivity index (χ0v) is 9.36. The molecule has 0 aliphatic rings. The average molecular weight is 204 g/mol. The van der Waals surface area contributed by atoms with E-state index in [-0.39, 0.29) is 11.2 Å². The van der Waals surface area contributed by atoms with Crippen LogP contribution in [0.25, 0.3) is 5.52 Å². The summed E-state index contributed by atoms with van der Waals surface area (Å²) in [6.07, 6.45) is 4.57. The molecule has 0 aliphatic carbocycles. The van der Waals surface area contributed by atoms with E-state index in [1.54, 1.807) is 18.3 Å². The molecule has 2 rings (SSSR count). The van der Waals surface area contributed by atoms with Gasteiger partial charge >= 0.3 is 0 Å². The van der Waals surface area contributed by atoms with Crippen molar-refractivity contribution in [2.45, 2.75) is 27.2 Å². The van der Waals surface area contributed by atoms with Gasteiger partial charge in [-0.3, -0.25) is 0 Å². The monoisotopic (exact) mass is 204 g/mol. The summed E-state index contributed by atoms with van der Waals surface area (Å²) in [5.41, 5.74) is 1.16. The lowest BCUT2D eigenvalue weighted by Crippen LogP contribution is -2.11. The Kier molecular flexibility index (Phi) is 2.18. The van der Waals surface area contributed by atoms with Crippen LogP contribution in [0.2, 0.25) is 0 Å². The van der Waals surface area contributed by atoms with Crippen molar-refractivity contribution in [3.63, 3.8) is 0 Å². The zero-order chi connectivity index (χ0) is 11.1. The molecule has 0 unspecified atom stereocenters. The molecule has 0 radical (unpaired) electrons. The highest BCUT2D eigenvalue weighted by atomic mass is 16.3. The largest absolute Gasteiger partial charge is 0.508 e. The molecule has 0 saturated heterocycles. The number of aromatic hydroxyl groups is 1. The number of fused-ring (bicyclic) bond motifs is 1. The Labute approximate surface area is 89.4 Å². The molecule has 3 heteroatoms. The Balaban J connectivity index is 2.45. The molecule has 1 N–H and O–H groups in total. The van der Waals surface area contributed by atoms with Gasteiger partial charge in [0.25, 0.3) is 0 Å². The summed E-state index contributed by atoms with van der Waals surface area (Å²) in [6.45, 7) is 6.57. The number of nitrogens with zero attached hydrogens (tertiary/aromatic N) is 2. The Morgan fingerprint density at radius 1 is 1.40 bits per heavy atom. The highest BCUT2D eigenvalue weighted by Crippen LogP contribution is 2.21. The first kappa shape index (κ1) is 10.0. The fraction of sp³-hybridized carbons (Fsp3) is 0.417. The van der Waals surface area contributed by atoms with Crippen LogP contribution in [-0.4, -0.2) is 14.5 Å². The maximum Gasteiger partial charge on any atom is 0.119 e. The van der Waals surface area contributed by atoms with E-state index in [9.17, 15) is 5.11 Å². The summed E-state index contributed by atoms with van der Waals surface area (Å²) in [7, 11) is 0. The second-order valence-electron chi connectivity index (χ2n) is 5.09. The van der Waals surface area contributed by atoms with Gasteiger partial charge in [-0.1, -0.05) is 20.8 Å². The van der Waals surface area contributed by atoms with E-state index in [1.165, 1.54) is 0 Å². The Morgan fingerprint density at radius 3 is 2.80 bits per heavy atom. The molecular formula is C12H16N2O. The van der Waals surface area contributed by atoms with Gasteiger partial charge in [-0.25, -0.2) is 4.98 Å². The summed E-state index contributed by atoms with van der Waals surface area (Å²) in [5, 5.41) is 9.33. The SMILES string of the molecule is CC(C)(C)Cc1ncc2cc(O)ccn12. The lowest BCUT2D eigenvalue weighted by atomic mass is 9.92. The molecule has 2 aromatic rings. The van der Waals surface area contributed by atoms with Crippen LogP contribution in [0.15, 0.2) is 24.5 Å². The number of rotatable bonds is 1. The molecular weight excluding hydrogens is 188 g/mol. The number of pyridine rings is 1. The average Bonchev–Trinajstić information content (AvgIpc) is 2.45. The minimum absolute atomic E-state index is 0.221. The molecule has 2 heterocycles. The smallest absolute Gasteiger partial charge is 0.119 e. The summed E-state index contributed by atoms with van der Waals surface area (Å²) in [6, 6.07) is 3.40. The molecule has 0 amide bonds. The Bertz CT molecular complexity index is 480. The Hall–Kier alpha value is -1.51. The summed E-state index contributed by atoms with van der Waals surface area (Å²) < 4.78 is 2.02. The highest BCUT2D eigenvalue weighted by molar-refractivity contribution is 5.50. The summed E-state index contributed by atoms with van der Waals surface area (Å²) >= 11 is 0. The standard InChI is InChI=1S/C12H16N2O/c1-12(2,3)7-11-13-8-9-6-10(15)4-5-14(9)11/h4-6,8,15H,7H2,1-3H3. The van der Waals surface area contributed by atoms with Crippen LogP contribution < -0.4 is 0 Å². The number of aromatic nitrogens is 2. The van der Waals surface area contributed by atoms with Gasteiger partial charge < -0.3 is 9.51 Å². The molecule has 0 aliphatic heterocycles. The van der Waals surface area contributed by atoms with Gasteiger partial charge in [-0.05, 0) is 11.5 Å². The molecule has 0 fully saturated rings. The van der Waals surface area contributed by atoms with E-state index in [4.69, 9.17) is 0 Å². The molecule has 0 bridgehead atoms. The van der Waals surface area contributed by atoms with E-state index in [0.29, 0.717) is 0 Å². The first-order valence-electron chi connectivity index (χ1n) is 5.11. The van der Waals surface area contributed by atoms with E-state index in [1.807, 2.05) is 10.6 Å². The second-order valence-corrected chi connectivity index (χ2v) is 5.09. The molecule has 0 aromatic carbocycles. The first-order chi connectivity index (χ1) is 6.96. The lowest BCUT2D eigenvalue weighted by Gasteiger charge is -2.16. The van der Waals surface area contributed by atoms with Crippen LogP contribution in [0.3, 0.4) is 0 Å². The van der Waals surface area contributed by atoms with Crippen molar-refractivity contribution < 1.29 is 5.11 Å². The lowest BCUT2D eigenvalue weighted by molar-refractivity contribution is 0.400. The van der Waals surface area contributed by atoms with Crippen molar-refractivity contribution >= 4 is 5.52 Å². The van der Waals surface area contributed by atoms with Gasteiger partial charge in [0, 0.05) is 18.7 Å². The summed E-state index contributed by atoms with van der Waals surface area (Å²) in [4.78, 5) is 4.37. The van der Waals surface area contributed by atoms with Crippen molar-refractivity contribution in [1.82, 2.24) is 9.38 Å². The maximum absolute atomic E-state index is 9.33. The van der Waals surface area contributed by atoms with Crippen molar-refractivity contribution in [3.8, 4) is 5.75 Å². The number of hydrogen-bond donors (Lipinski definition) is 1. The zero-order valence-electron chi connectivity index (χ0n) is 9.36. The van der Waals surface area contributed by atoms with E-state index in [2.05, 4.69) is 25.8 Å². The predicted molar refractivity (Wildman–Crippen MR) is 60.0 cm³/mol. The Morgan fingerprint density at radius 2 is 2.13 bits per heavy atom. The van der Waals surface area contributed by atoms with E-state index >= 15 is 0 Å². The van der Waals surface area contributed by atoms with E-state index in [0.717, 1.165) is 17.8 Å². The molecule has 0 spiro atoms. The minimum atomic E-state index is 0.221. The van der Waals surface area contributed by atoms with Crippen LogP contribution >= 0.6 is 0 Å². The third-order valence-corrected chi connectivity index (χ3v) is 2.28. The third kappa shape index (κ3) is 2.12. The molecule has 15 heavy (non-hydrogen) atoms. The van der Waals surface area contributed by atoms with Crippen molar-refractivity contribution in [2.24, 2.45) is 5.41 Å². The van der Waals surface area contributed by atoms with Crippen molar-refractivity contribution in [1.29, 1.82) is 0 Å². The second kappa shape index (κ2) is 3.26. The van der Waals surface area contributed by atoms with Gasteiger partial charge in [0.1, 0.15) is 11.6 Å². The van der Waals surface area contributed by atoms with Gasteiger partial charge in [0.15, 0.2) is 0 Å². The number of imidazole rings is 1. The van der Waals surface area contributed by atoms with Gasteiger partial charge in [-0.15, -0.1) is 0 Å². The van der Waals surface area contributed by atoms with Crippen molar-refractivity contribution in [2.75, 3.05) is 0 Å².